The number of fused-ring (bicyclic) bond motifs is 1. The van der Waals surface area contributed by atoms with E-state index in [1.165, 1.54) is 18.2 Å². The topological polar surface area (TPSA) is 52.6 Å². The number of aliphatic hydroxyl groups is 1. The number of nitrogens with zero attached hydrogens (tertiary/aromatic N) is 1. The zero-order valence-electron chi connectivity index (χ0n) is 15.3. The third-order valence-corrected chi connectivity index (χ3v) is 4.94. The third kappa shape index (κ3) is 3.21. The van der Waals surface area contributed by atoms with Gasteiger partial charge in [0.15, 0.2) is 0 Å². The lowest BCUT2D eigenvalue weighted by molar-refractivity contribution is -0.123. The minimum atomic E-state index is -1.19. The van der Waals surface area contributed by atoms with Crippen molar-refractivity contribution in [3.8, 4) is 0 Å². The Morgan fingerprint density at radius 2 is 1.85 bits per heavy atom. The number of nitrogens with one attached hydrogen (secondary N) is 1. The van der Waals surface area contributed by atoms with E-state index < -0.39 is 40.9 Å². The van der Waals surface area contributed by atoms with Gasteiger partial charge in [0.25, 0.3) is 0 Å². The normalized spacial score (nSPS) is 17.7. The maximum Gasteiger partial charge on any atom is 0.237 e. The molecule has 0 radical (unpaired) electrons. The van der Waals surface area contributed by atoms with Crippen LogP contribution in [0.2, 0.25) is 0 Å². The number of anilines is 1. The van der Waals surface area contributed by atoms with Crippen molar-refractivity contribution in [1.82, 2.24) is 5.32 Å². The molecule has 1 aliphatic rings. The number of aliphatic hydroxyl groups excluding tert-OH is 1. The van der Waals surface area contributed by atoms with E-state index in [1.807, 2.05) is 0 Å². The smallest absolute Gasteiger partial charge is 0.237 e. The molecule has 4 nitrogen and oxygen atoms in total. The molecule has 3 rings (SSSR count). The number of likely N-dealkylation sites (N-methyl/N-ethyl adjacent to an activating group) is 1. The molecule has 144 valence electrons. The van der Waals surface area contributed by atoms with Gasteiger partial charge < -0.3 is 10.4 Å². The molecule has 1 heterocycles. The Morgan fingerprint density at radius 1 is 1.15 bits per heavy atom. The van der Waals surface area contributed by atoms with Crippen LogP contribution < -0.4 is 10.2 Å². The summed E-state index contributed by atoms with van der Waals surface area (Å²) in [5, 5.41) is 13.5. The fourth-order valence-corrected chi connectivity index (χ4v) is 3.63. The van der Waals surface area contributed by atoms with Crippen LogP contribution in [0.5, 0.6) is 0 Å². The molecule has 27 heavy (non-hydrogen) atoms. The van der Waals surface area contributed by atoms with Crippen LogP contribution in [-0.4, -0.2) is 30.7 Å². The summed E-state index contributed by atoms with van der Waals surface area (Å²) in [6, 6.07) is 6.25. The highest BCUT2D eigenvalue weighted by Gasteiger charge is 2.50. The predicted molar refractivity (Wildman–Crippen MR) is 95.9 cm³/mol. The zero-order chi connectivity index (χ0) is 19.9. The summed E-state index contributed by atoms with van der Waals surface area (Å²) in [4.78, 5) is 14.3. The highest BCUT2D eigenvalue weighted by molar-refractivity contribution is 6.08. The van der Waals surface area contributed by atoms with Gasteiger partial charge >= 0.3 is 0 Å². The van der Waals surface area contributed by atoms with Crippen molar-refractivity contribution in [2.45, 2.75) is 31.4 Å². The molecule has 2 aromatic rings. The molecule has 2 atom stereocenters. The molecule has 7 heteroatoms. The number of halogens is 3. The molecule has 0 spiro atoms. The van der Waals surface area contributed by atoms with Crippen molar-refractivity contribution in [2.24, 2.45) is 0 Å². The monoisotopic (exact) mass is 378 g/mol. The standard InChI is InChI=1S/C20H21F3N2O2/c1-20(2)14-8-13(22)9-15(23)18(14)25(19(20)27)17(16(26)10-24-3)11-5-4-6-12(21)7-11/h4-9,16-17,24,26H,10H2,1-3H3/t16-,17-/m0/s1. The van der Waals surface area contributed by atoms with Crippen molar-refractivity contribution in [3.63, 3.8) is 0 Å². The van der Waals surface area contributed by atoms with Crippen LogP contribution in [-0.2, 0) is 10.2 Å². The second kappa shape index (κ2) is 6.98. The van der Waals surface area contributed by atoms with Gasteiger partial charge in [-0.15, -0.1) is 0 Å². The summed E-state index contributed by atoms with van der Waals surface area (Å²) >= 11 is 0. The summed E-state index contributed by atoms with van der Waals surface area (Å²) < 4.78 is 42.3. The van der Waals surface area contributed by atoms with Gasteiger partial charge in [-0.05, 0) is 50.2 Å². The van der Waals surface area contributed by atoms with Gasteiger partial charge in [0.1, 0.15) is 17.5 Å². The zero-order valence-corrected chi connectivity index (χ0v) is 15.3. The van der Waals surface area contributed by atoms with Crippen LogP contribution in [0.15, 0.2) is 36.4 Å². The van der Waals surface area contributed by atoms with E-state index in [9.17, 15) is 23.1 Å². The average molecular weight is 378 g/mol. The molecule has 0 aromatic heterocycles. The van der Waals surface area contributed by atoms with E-state index in [-0.39, 0.29) is 17.8 Å². The molecule has 2 aromatic carbocycles. The van der Waals surface area contributed by atoms with Crippen LogP contribution in [0.1, 0.15) is 31.0 Å². The first-order valence-corrected chi connectivity index (χ1v) is 8.59. The average Bonchev–Trinajstić information content (AvgIpc) is 2.77. The fourth-order valence-electron chi connectivity index (χ4n) is 3.63. The maximum atomic E-state index is 14.7. The molecule has 0 aliphatic carbocycles. The highest BCUT2D eigenvalue weighted by atomic mass is 19.1. The minimum absolute atomic E-state index is 0.0868. The van der Waals surface area contributed by atoms with Crippen molar-refractivity contribution in [2.75, 3.05) is 18.5 Å². The lowest BCUT2D eigenvalue weighted by atomic mass is 9.86. The summed E-state index contributed by atoms with van der Waals surface area (Å²) in [7, 11) is 1.62. The molecule has 0 saturated carbocycles. The van der Waals surface area contributed by atoms with Crippen molar-refractivity contribution >= 4 is 11.6 Å². The summed E-state index contributed by atoms with van der Waals surface area (Å²) in [5.74, 6) is -2.72. The van der Waals surface area contributed by atoms with Gasteiger partial charge in [-0.25, -0.2) is 13.2 Å². The molecular formula is C20H21F3N2O2. The molecular weight excluding hydrogens is 357 g/mol. The van der Waals surface area contributed by atoms with E-state index in [2.05, 4.69) is 5.32 Å². The predicted octanol–water partition coefficient (Wildman–Crippen LogP) is 3.05. The molecule has 1 aliphatic heterocycles. The lowest BCUT2D eigenvalue weighted by Crippen LogP contribution is -2.45. The Bertz CT molecular complexity index is 886. The fraction of sp³-hybridized carbons (Fsp3) is 0.350. The SMILES string of the molecule is CNC[C@H](O)[C@H](c1cccc(F)c1)N1C(=O)C(C)(C)c2cc(F)cc(F)c21. The summed E-state index contributed by atoms with van der Waals surface area (Å²) in [6.07, 6.45) is -1.15. The van der Waals surface area contributed by atoms with E-state index in [0.29, 0.717) is 11.6 Å². The Morgan fingerprint density at radius 3 is 2.48 bits per heavy atom. The maximum absolute atomic E-state index is 14.7. The molecule has 0 unspecified atom stereocenters. The van der Waals surface area contributed by atoms with Crippen molar-refractivity contribution in [1.29, 1.82) is 0 Å². The number of carbonyl (C=O) groups excluding carboxylic acids is 1. The second-order valence-corrected chi connectivity index (χ2v) is 7.21. The van der Waals surface area contributed by atoms with Gasteiger partial charge in [-0.2, -0.15) is 0 Å². The van der Waals surface area contributed by atoms with E-state index in [4.69, 9.17) is 0 Å². The Kier molecular flexibility index (Phi) is 5.01. The van der Waals surface area contributed by atoms with Crippen molar-refractivity contribution < 1.29 is 23.1 Å². The number of hydrogen-bond donors (Lipinski definition) is 2. The van der Waals surface area contributed by atoms with Gasteiger partial charge in [-0.3, -0.25) is 9.69 Å². The highest BCUT2D eigenvalue weighted by Crippen LogP contribution is 2.47. The molecule has 0 fully saturated rings. The van der Waals surface area contributed by atoms with Crippen LogP contribution in [0.3, 0.4) is 0 Å². The molecule has 2 N–H and O–H groups in total. The Balaban J connectivity index is 2.23. The molecule has 1 amide bonds. The number of rotatable bonds is 5. The minimum Gasteiger partial charge on any atom is -0.389 e. The quantitative estimate of drug-likeness (QED) is 0.841. The molecule has 0 saturated heterocycles. The largest absolute Gasteiger partial charge is 0.389 e. The van der Waals surface area contributed by atoms with Gasteiger partial charge in [-0.1, -0.05) is 12.1 Å². The van der Waals surface area contributed by atoms with Crippen LogP contribution in [0.4, 0.5) is 18.9 Å². The first kappa shape index (κ1) is 19.4. The first-order chi connectivity index (χ1) is 12.7. The van der Waals surface area contributed by atoms with E-state index in [0.717, 1.165) is 11.0 Å². The molecule has 0 bridgehead atoms. The third-order valence-electron chi connectivity index (χ3n) is 4.94. The number of hydrogen-bond acceptors (Lipinski definition) is 3. The van der Waals surface area contributed by atoms with Crippen LogP contribution in [0.25, 0.3) is 0 Å². The number of amides is 1. The second-order valence-electron chi connectivity index (χ2n) is 7.21. The Hall–Kier alpha value is -2.38. The lowest BCUT2D eigenvalue weighted by Gasteiger charge is -2.34. The number of benzene rings is 2. The van der Waals surface area contributed by atoms with E-state index in [1.54, 1.807) is 27.0 Å². The Labute approximate surface area is 155 Å². The van der Waals surface area contributed by atoms with Crippen LogP contribution >= 0.6 is 0 Å². The van der Waals surface area contributed by atoms with Gasteiger partial charge in [0.05, 0.1) is 23.2 Å². The number of carbonyl (C=O) groups is 1. The first-order valence-electron chi connectivity index (χ1n) is 8.59. The van der Waals surface area contributed by atoms with Gasteiger partial charge in [0, 0.05) is 12.6 Å². The van der Waals surface area contributed by atoms with Crippen molar-refractivity contribution in [3.05, 3.63) is 65.0 Å². The summed E-state index contributed by atoms with van der Waals surface area (Å²) in [6.45, 7) is 3.23. The van der Waals surface area contributed by atoms with Gasteiger partial charge in [0.2, 0.25) is 5.91 Å². The summed E-state index contributed by atoms with van der Waals surface area (Å²) in [5.41, 5.74) is -0.763. The van der Waals surface area contributed by atoms with E-state index >= 15 is 0 Å². The van der Waals surface area contributed by atoms with Crippen LogP contribution in [0, 0.1) is 17.5 Å².